The second kappa shape index (κ2) is 10.0. The largest absolute Gasteiger partial charge is 0.497 e. The fourth-order valence-corrected chi connectivity index (χ4v) is 4.35. The van der Waals surface area contributed by atoms with Crippen LogP contribution in [0, 0.1) is 10.1 Å². The summed E-state index contributed by atoms with van der Waals surface area (Å²) in [7, 11) is -0.911. The van der Waals surface area contributed by atoms with E-state index in [4.69, 9.17) is 9.47 Å². The minimum absolute atomic E-state index is 0.122. The minimum Gasteiger partial charge on any atom is -0.497 e. The van der Waals surface area contributed by atoms with E-state index in [0.29, 0.717) is 17.1 Å². The first kappa shape index (κ1) is 23.1. The van der Waals surface area contributed by atoms with Crippen LogP contribution < -0.4 is 14.9 Å². The van der Waals surface area contributed by atoms with Crippen LogP contribution >= 0.6 is 0 Å². The first-order chi connectivity index (χ1) is 14.3. The van der Waals surface area contributed by atoms with Gasteiger partial charge < -0.3 is 9.47 Å². The van der Waals surface area contributed by atoms with Crippen molar-refractivity contribution in [3.63, 3.8) is 0 Å². The molecule has 2 aromatic carbocycles. The summed E-state index contributed by atoms with van der Waals surface area (Å²) in [5.74, 6) is 1.12. The van der Waals surface area contributed by atoms with Gasteiger partial charge in [-0.1, -0.05) is 13.8 Å². The molecule has 0 unspecified atom stereocenters. The molecule has 30 heavy (non-hydrogen) atoms. The molecule has 0 radical (unpaired) electrons. The first-order valence-corrected chi connectivity index (χ1v) is 10.5. The van der Waals surface area contributed by atoms with Crippen molar-refractivity contribution >= 4 is 27.6 Å². The molecule has 0 saturated carbocycles. The predicted octanol–water partition coefficient (Wildman–Crippen LogP) is 3.09. The number of rotatable bonds is 10. The summed E-state index contributed by atoms with van der Waals surface area (Å²) in [6.45, 7) is 3.85. The lowest BCUT2D eigenvalue weighted by atomic mass is 10.2. The van der Waals surface area contributed by atoms with Gasteiger partial charge in [-0.25, -0.2) is 8.42 Å². The average Bonchev–Trinajstić information content (AvgIpc) is 2.74. The van der Waals surface area contributed by atoms with E-state index in [1.807, 2.05) is 0 Å². The van der Waals surface area contributed by atoms with Gasteiger partial charge in [0.05, 0.1) is 31.0 Å². The number of non-ortho nitro benzene ring substituents is 1. The molecule has 0 aliphatic heterocycles. The highest BCUT2D eigenvalue weighted by Crippen LogP contribution is 2.29. The van der Waals surface area contributed by atoms with E-state index in [0.717, 1.165) is 6.07 Å². The van der Waals surface area contributed by atoms with Crippen molar-refractivity contribution in [2.24, 2.45) is 5.10 Å². The third-order valence-electron chi connectivity index (χ3n) is 4.33. The van der Waals surface area contributed by atoms with Crippen LogP contribution in [-0.2, 0) is 10.0 Å². The number of hydrazone groups is 1. The average molecular weight is 436 g/mol. The highest BCUT2D eigenvalue weighted by Gasteiger charge is 2.27. The Labute approximate surface area is 175 Å². The second-order valence-corrected chi connectivity index (χ2v) is 7.91. The van der Waals surface area contributed by atoms with Crippen LogP contribution in [0.1, 0.15) is 19.4 Å². The number of sulfonamides is 1. The Hall–Kier alpha value is -3.18. The lowest BCUT2D eigenvalue weighted by molar-refractivity contribution is -0.385. The van der Waals surface area contributed by atoms with Crippen LogP contribution in [0.3, 0.4) is 0 Å². The van der Waals surface area contributed by atoms with Gasteiger partial charge in [0.1, 0.15) is 16.4 Å². The molecule has 0 fully saturated rings. The fourth-order valence-electron chi connectivity index (χ4n) is 2.73. The number of ether oxygens (including phenoxy) is 2. The van der Waals surface area contributed by atoms with Crippen LogP contribution in [0.5, 0.6) is 11.5 Å². The van der Waals surface area contributed by atoms with Crippen LogP contribution in [0.2, 0.25) is 0 Å². The van der Waals surface area contributed by atoms with E-state index in [2.05, 4.69) is 10.5 Å². The van der Waals surface area contributed by atoms with E-state index >= 15 is 0 Å². The number of hydrogen-bond acceptors (Lipinski definition) is 8. The monoisotopic (exact) mass is 436 g/mol. The van der Waals surface area contributed by atoms with Crippen LogP contribution in [0.25, 0.3) is 0 Å². The molecule has 0 bridgehead atoms. The van der Waals surface area contributed by atoms with E-state index in [1.165, 1.54) is 36.9 Å². The van der Waals surface area contributed by atoms with Gasteiger partial charge in [-0.3, -0.25) is 15.5 Å². The maximum atomic E-state index is 13.0. The van der Waals surface area contributed by atoms with E-state index in [9.17, 15) is 18.5 Å². The lowest BCUT2D eigenvalue weighted by Crippen LogP contribution is -2.31. The van der Waals surface area contributed by atoms with Gasteiger partial charge in [-0.15, -0.1) is 0 Å². The number of benzene rings is 2. The molecular weight excluding hydrogens is 412 g/mol. The number of methoxy groups -OCH3 is 2. The summed E-state index contributed by atoms with van der Waals surface area (Å²) in [6.07, 6.45) is 1.45. The SMILES string of the molecule is CCN(CC)S(=O)(=O)c1cc([N+](=O)[O-])ccc1N/N=C/c1ccc(OC)cc1OC. The maximum Gasteiger partial charge on any atom is 0.270 e. The Bertz CT molecular complexity index is 1040. The third kappa shape index (κ3) is 5.05. The zero-order valence-electron chi connectivity index (χ0n) is 17.2. The van der Waals surface area contributed by atoms with Crippen LogP contribution in [0.4, 0.5) is 11.4 Å². The van der Waals surface area contributed by atoms with Crippen molar-refractivity contribution in [2.75, 3.05) is 32.7 Å². The molecule has 10 nitrogen and oxygen atoms in total. The summed E-state index contributed by atoms with van der Waals surface area (Å²) in [5.41, 5.74) is 3.09. The van der Waals surface area contributed by atoms with E-state index in [1.54, 1.807) is 32.0 Å². The standard InChI is InChI=1S/C19H24N4O6S/c1-5-22(6-2)30(26,27)19-11-15(23(24)25)8-10-17(19)21-20-13-14-7-9-16(28-3)12-18(14)29-4/h7-13,21H,5-6H2,1-4H3/b20-13+. The van der Waals surface area contributed by atoms with Gasteiger partial charge in [-0.05, 0) is 18.2 Å². The number of nitro groups is 1. The summed E-state index contributed by atoms with van der Waals surface area (Å²) in [4.78, 5) is 10.3. The van der Waals surface area contributed by atoms with Gasteiger partial charge in [-0.2, -0.15) is 9.41 Å². The van der Waals surface area contributed by atoms with Crippen molar-refractivity contribution in [1.82, 2.24) is 4.31 Å². The molecular formula is C19H24N4O6S. The van der Waals surface area contributed by atoms with Crippen molar-refractivity contribution in [3.05, 3.63) is 52.1 Å². The number of anilines is 1. The molecule has 0 heterocycles. The molecule has 0 amide bonds. The molecule has 0 saturated heterocycles. The normalized spacial score (nSPS) is 11.6. The second-order valence-electron chi connectivity index (χ2n) is 6.00. The Kier molecular flexibility index (Phi) is 7.72. The molecule has 1 N–H and O–H groups in total. The topological polar surface area (TPSA) is 123 Å². The fraction of sp³-hybridized carbons (Fsp3) is 0.316. The molecule has 2 aromatic rings. The summed E-state index contributed by atoms with van der Waals surface area (Å²) < 4.78 is 37.6. The van der Waals surface area contributed by atoms with Crippen molar-refractivity contribution in [3.8, 4) is 11.5 Å². The molecule has 0 aliphatic carbocycles. The molecule has 0 spiro atoms. The van der Waals surface area contributed by atoms with Gasteiger partial charge in [0.2, 0.25) is 10.0 Å². The Morgan fingerprint density at radius 3 is 2.40 bits per heavy atom. The van der Waals surface area contributed by atoms with E-state index in [-0.39, 0.29) is 29.4 Å². The molecule has 0 atom stereocenters. The molecule has 162 valence electrons. The smallest absolute Gasteiger partial charge is 0.270 e. The Morgan fingerprint density at radius 1 is 1.13 bits per heavy atom. The van der Waals surface area contributed by atoms with Gasteiger partial charge in [0.25, 0.3) is 5.69 Å². The van der Waals surface area contributed by atoms with Crippen molar-refractivity contribution < 1.29 is 22.8 Å². The highest BCUT2D eigenvalue weighted by molar-refractivity contribution is 7.89. The van der Waals surface area contributed by atoms with Gasteiger partial charge in [0.15, 0.2) is 0 Å². The summed E-state index contributed by atoms with van der Waals surface area (Å²) in [5, 5.41) is 15.2. The summed E-state index contributed by atoms with van der Waals surface area (Å²) >= 11 is 0. The number of hydrogen-bond donors (Lipinski definition) is 1. The zero-order valence-corrected chi connectivity index (χ0v) is 18.0. The molecule has 0 aromatic heterocycles. The number of nitro benzene ring substituents is 1. The maximum absolute atomic E-state index is 13.0. The van der Waals surface area contributed by atoms with Crippen molar-refractivity contribution in [1.29, 1.82) is 0 Å². The summed E-state index contributed by atoms with van der Waals surface area (Å²) in [6, 6.07) is 8.70. The van der Waals surface area contributed by atoms with Gasteiger partial charge >= 0.3 is 0 Å². The predicted molar refractivity (Wildman–Crippen MR) is 114 cm³/mol. The quantitative estimate of drug-likeness (QED) is 0.345. The third-order valence-corrected chi connectivity index (χ3v) is 6.42. The van der Waals surface area contributed by atoms with Gasteiger partial charge in [0, 0.05) is 36.9 Å². The molecule has 0 aliphatic rings. The van der Waals surface area contributed by atoms with Crippen LogP contribution in [-0.4, -0.2) is 51.2 Å². The Morgan fingerprint density at radius 2 is 1.83 bits per heavy atom. The Balaban J connectivity index is 2.43. The molecule has 11 heteroatoms. The van der Waals surface area contributed by atoms with Crippen LogP contribution in [0.15, 0.2) is 46.4 Å². The first-order valence-electron chi connectivity index (χ1n) is 9.08. The van der Waals surface area contributed by atoms with E-state index < -0.39 is 14.9 Å². The lowest BCUT2D eigenvalue weighted by Gasteiger charge is -2.20. The number of nitrogens with zero attached hydrogens (tertiary/aromatic N) is 3. The van der Waals surface area contributed by atoms with Crippen molar-refractivity contribution in [2.45, 2.75) is 18.7 Å². The zero-order chi connectivity index (χ0) is 22.3. The highest BCUT2D eigenvalue weighted by atomic mass is 32.2. The minimum atomic E-state index is -3.95. The number of nitrogens with one attached hydrogen (secondary N) is 1. The molecule has 2 rings (SSSR count).